The molecule has 0 bridgehead atoms. The number of ether oxygens (including phenoxy) is 1. The maximum absolute atomic E-state index is 6.58. The topological polar surface area (TPSA) is 33.5 Å². The van der Waals surface area contributed by atoms with Gasteiger partial charge in [-0.1, -0.05) is 114 Å². The molecule has 6 heteroatoms. The van der Waals surface area contributed by atoms with Gasteiger partial charge >= 0.3 is 0 Å². The molecule has 0 N–H and O–H groups in total. The molecule has 8 aromatic rings. The van der Waals surface area contributed by atoms with Crippen LogP contribution < -0.4 is 14.5 Å². The van der Waals surface area contributed by atoms with Gasteiger partial charge in [-0.2, -0.15) is 18.8 Å². The molecule has 0 saturated carbocycles. The van der Waals surface area contributed by atoms with E-state index in [0.29, 0.717) is 11.5 Å². The van der Waals surface area contributed by atoms with Gasteiger partial charge < -0.3 is 19.1 Å². The minimum absolute atomic E-state index is 0. The Balaban J connectivity index is 0.00000499. The Kier molecular flexibility index (Phi) is 11.0. The number of fused-ring (bicyclic) bond motifs is 4. The molecular weight excluding hydrogens is 916 g/mol. The van der Waals surface area contributed by atoms with Crippen LogP contribution in [-0.2, 0) is 38.3 Å². The molecule has 1 aliphatic heterocycles. The summed E-state index contributed by atoms with van der Waals surface area (Å²) in [6, 6.07) is 52.5. The first kappa shape index (κ1) is 41.1. The summed E-state index contributed by atoms with van der Waals surface area (Å²) in [6.07, 6.45) is 2.80. The number of aryl methyl sites for hydroxylation is 2. The first-order valence-corrected chi connectivity index (χ1v) is 20.7. The van der Waals surface area contributed by atoms with E-state index in [9.17, 15) is 0 Å². The van der Waals surface area contributed by atoms with E-state index >= 15 is 0 Å². The van der Waals surface area contributed by atoms with Crippen molar-refractivity contribution in [2.24, 2.45) is 0 Å². The summed E-state index contributed by atoms with van der Waals surface area (Å²) in [7, 11) is 0. The van der Waals surface area contributed by atoms with Gasteiger partial charge in [0.15, 0.2) is 0 Å². The molecule has 6 aromatic carbocycles. The zero-order valence-corrected chi connectivity index (χ0v) is 38.0. The van der Waals surface area contributed by atoms with Crippen LogP contribution in [0.25, 0.3) is 38.8 Å². The van der Waals surface area contributed by atoms with Crippen LogP contribution in [0.1, 0.15) is 69.4 Å². The van der Waals surface area contributed by atoms with E-state index in [1.54, 1.807) is 0 Å². The SMILES string of the molecule is Cc1cccc(C)c1-c1cc(C(C)(C)C)ccc1CCN1[CH-]N(c2[c-]c(Oc3[c-]c4c(cc3)c3ccccc3n4-c3cc(C(C)(C)C)ccn3)ccc2)c2ccccc21.[Pt]. The summed E-state index contributed by atoms with van der Waals surface area (Å²) in [5.74, 6) is 2.10. The van der Waals surface area contributed by atoms with Crippen molar-refractivity contribution < 1.29 is 25.8 Å². The molecule has 1 aliphatic rings. The second kappa shape index (κ2) is 16.1. The minimum Gasteiger partial charge on any atom is -0.509 e. The van der Waals surface area contributed by atoms with Gasteiger partial charge in [0.1, 0.15) is 5.82 Å². The van der Waals surface area contributed by atoms with E-state index in [4.69, 9.17) is 9.72 Å². The normalized spacial score (nSPS) is 12.9. The average molecular weight is 967 g/mol. The number of hydrogen-bond acceptors (Lipinski definition) is 4. The number of nitrogens with zero attached hydrogens (tertiary/aromatic N) is 4. The van der Waals surface area contributed by atoms with Crippen LogP contribution in [0, 0.1) is 32.6 Å². The van der Waals surface area contributed by atoms with Crippen molar-refractivity contribution in [1.82, 2.24) is 9.55 Å². The van der Waals surface area contributed by atoms with Crippen LogP contribution in [0.3, 0.4) is 0 Å². The molecule has 0 aliphatic carbocycles. The van der Waals surface area contributed by atoms with E-state index in [-0.39, 0.29) is 31.9 Å². The Morgan fingerprint density at radius 3 is 2.10 bits per heavy atom. The fourth-order valence-corrected chi connectivity index (χ4v) is 8.45. The zero-order valence-electron chi connectivity index (χ0n) is 35.7. The molecule has 0 fully saturated rings. The Bertz CT molecular complexity index is 2840. The summed E-state index contributed by atoms with van der Waals surface area (Å²) in [5.41, 5.74) is 14.5. The molecular formula is C54H51N4OPt-3. The van der Waals surface area contributed by atoms with Gasteiger partial charge in [-0.15, -0.1) is 41.4 Å². The molecule has 0 saturated heterocycles. The van der Waals surface area contributed by atoms with Crippen molar-refractivity contribution in [3.63, 3.8) is 0 Å². The van der Waals surface area contributed by atoms with Gasteiger partial charge in [-0.05, 0) is 112 Å². The quantitative estimate of drug-likeness (QED) is 0.142. The van der Waals surface area contributed by atoms with Crippen LogP contribution in [0.4, 0.5) is 17.1 Å². The largest absolute Gasteiger partial charge is 0.509 e. The fraction of sp³-hybridized carbons (Fsp3) is 0.222. The van der Waals surface area contributed by atoms with Gasteiger partial charge in [0.2, 0.25) is 0 Å². The van der Waals surface area contributed by atoms with E-state index in [0.717, 1.165) is 52.0 Å². The van der Waals surface area contributed by atoms with Crippen molar-refractivity contribution in [2.75, 3.05) is 16.3 Å². The second-order valence-corrected chi connectivity index (χ2v) is 17.9. The molecule has 0 amide bonds. The van der Waals surface area contributed by atoms with Crippen LogP contribution in [0.5, 0.6) is 11.5 Å². The van der Waals surface area contributed by atoms with E-state index in [1.807, 2.05) is 24.4 Å². The molecule has 0 spiro atoms. The monoisotopic (exact) mass is 966 g/mol. The third kappa shape index (κ3) is 7.77. The zero-order chi connectivity index (χ0) is 41.1. The summed E-state index contributed by atoms with van der Waals surface area (Å²) >= 11 is 0. The van der Waals surface area contributed by atoms with Gasteiger partial charge in [0.05, 0.1) is 0 Å². The minimum atomic E-state index is -0.0116. The Morgan fingerprint density at radius 2 is 1.33 bits per heavy atom. The summed E-state index contributed by atoms with van der Waals surface area (Å²) in [4.78, 5) is 9.43. The first-order valence-electron chi connectivity index (χ1n) is 20.7. The van der Waals surface area contributed by atoms with Crippen molar-refractivity contribution >= 4 is 38.9 Å². The number of hydrogen-bond donors (Lipinski definition) is 0. The standard InChI is InChI=1S/C54H51N4O.Pt/c1-36-15-13-16-37(2)52(36)46-31-39(53(3,4)5)24-23-38(46)28-30-56-35-57(49-22-12-11-21-48(49)56)41-17-14-18-42(33-41)59-43-25-26-45-44-19-9-10-20-47(44)58(50(45)34-43)51-32-40(27-29-55-51)54(6,7)8;/h9-27,29,31-32,35H,28,30H2,1-8H3;/q-3;. The van der Waals surface area contributed by atoms with Crippen molar-refractivity contribution in [3.05, 3.63) is 180 Å². The third-order valence-electron chi connectivity index (χ3n) is 11.7. The van der Waals surface area contributed by atoms with E-state index in [2.05, 4.69) is 198 Å². The van der Waals surface area contributed by atoms with E-state index in [1.165, 1.54) is 44.6 Å². The predicted molar refractivity (Wildman–Crippen MR) is 245 cm³/mol. The molecule has 306 valence electrons. The molecule has 3 heterocycles. The number of benzene rings is 6. The third-order valence-corrected chi connectivity index (χ3v) is 11.7. The Hall–Kier alpha value is -5.64. The molecule has 5 nitrogen and oxygen atoms in total. The molecule has 0 atom stereocenters. The number of rotatable bonds is 8. The summed E-state index contributed by atoms with van der Waals surface area (Å²) < 4.78 is 8.78. The summed E-state index contributed by atoms with van der Waals surface area (Å²) in [5, 5.41) is 2.25. The molecule has 9 rings (SSSR count). The smallest absolute Gasteiger partial charge is 0.135 e. The van der Waals surface area contributed by atoms with Crippen LogP contribution in [0.15, 0.2) is 134 Å². The Morgan fingerprint density at radius 1 is 0.650 bits per heavy atom. The number of para-hydroxylation sites is 3. The van der Waals surface area contributed by atoms with Crippen molar-refractivity contribution in [1.29, 1.82) is 0 Å². The second-order valence-electron chi connectivity index (χ2n) is 17.9. The molecule has 0 radical (unpaired) electrons. The first-order chi connectivity index (χ1) is 28.3. The number of aromatic nitrogens is 2. The predicted octanol–water partition coefficient (Wildman–Crippen LogP) is 13.8. The summed E-state index contributed by atoms with van der Waals surface area (Å²) in [6.45, 7) is 21.1. The Labute approximate surface area is 369 Å². The molecule has 60 heavy (non-hydrogen) atoms. The number of pyridine rings is 1. The average Bonchev–Trinajstić information content (AvgIpc) is 3.75. The van der Waals surface area contributed by atoms with Gasteiger partial charge in [-0.3, -0.25) is 0 Å². The van der Waals surface area contributed by atoms with Gasteiger partial charge in [0.25, 0.3) is 0 Å². The molecule has 2 aromatic heterocycles. The van der Waals surface area contributed by atoms with Gasteiger partial charge in [0, 0.05) is 55.7 Å². The van der Waals surface area contributed by atoms with Crippen LogP contribution in [0.2, 0.25) is 0 Å². The fourth-order valence-electron chi connectivity index (χ4n) is 8.45. The van der Waals surface area contributed by atoms with Gasteiger partial charge in [-0.25, -0.2) is 4.98 Å². The van der Waals surface area contributed by atoms with Crippen molar-refractivity contribution in [3.8, 4) is 28.4 Å². The van der Waals surface area contributed by atoms with Crippen LogP contribution in [-0.4, -0.2) is 16.1 Å². The molecule has 0 unspecified atom stereocenters. The maximum Gasteiger partial charge on any atom is 0.135 e. The van der Waals surface area contributed by atoms with E-state index < -0.39 is 0 Å². The van der Waals surface area contributed by atoms with Crippen LogP contribution >= 0.6 is 0 Å². The maximum atomic E-state index is 6.58. The number of anilines is 3. The van der Waals surface area contributed by atoms with Crippen molar-refractivity contribution in [2.45, 2.75) is 72.6 Å².